The Morgan fingerprint density at radius 3 is 1.74 bits per heavy atom. The maximum Gasteiger partial charge on any atom is 0.0708 e. The normalized spacial score (nSPS) is 12.5. The van der Waals surface area contributed by atoms with Gasteiger partial charge in [0.2, 0.25) is 0 Å². The molecule has 1 aliphatic rings. The molecule has 0 fully saturated rings. The number of hydrogen-bond donors (Lipinski definition) is 0. The van der Waals surface area contributed by atoms with Crippen LogP contribution >= 0.6 is 0 Å². The highest BCUT2D eigenvalue weighted by Gasteiger charge is 2.39. The summed E-state index contributed by atoms with van der Waals surface area (Å²) in [6.07, 6.45) is 1.87. The Morgan fingerprint density at radius 2 is 0.935 bits per heavy atom. The van der Waals surface area contributed by atoms with E-state index in [1.807, 2.05) is 12.3 Å². The molecule has 0 spiro atoms. The first-order valence-electron chi connectivity index (χ1n) is 21.5. The smallest absolute Gasteiger partial charge is 0.0708 e. The lowest BCUT2D eigenvalue weighted by atomic mass is 9.81. The first-order valence-corrected chi connectivity index (χ1v) is 21.5. The zero-order valence-electron chi connectivity index (χ0n) is 34.8. The average molecular weight is 793 g/mol. The quantitative estimate of drug-likeness (QED) is 0.152. The average Bonchev–Trinajstić information content (AvgIpc) is 3.58. The second-order valence-electron chi connectivity index (χ2n) is 16.7. The number of anilines is 3. The first-order chi connectivity index (χ1) is 30.5. The van der Waals surface area contributed by atoms with Gasteiger partial charge in [0.25, 0.3) is 0 Å². The van der Waals surface area contributed by atoms with E-state index < -0.39 is 0 Å². The molecule has 10 aromatic rings. The summed E-state index contributed by atoms with van der Waals surface area (Å²) in [5.74, 6) is 0. The van der Waals surface area contributed by atoms with Gasteiger partial charge in [0.15, 0.2) is 0 Å². The van der Waals surface area contributed by atoms with Gasteiger partial charge in [-0.25, -0.2) is 0 Å². The van der Waals surface area contributed by atoms with Crippen molar-refractivity contribution in [3.05, 3.63) is 242 Å². The van der Waals surface area contributed by atoms with Crippen LogP contribution in [0.25, 0.3) is 77.7 Å². The van der Waals surface area contributed by atoms with Gasteiger partial charge < -0.3 is 4.90 Å². The van der Waals surface area contributed by atoms with E-state index >= 15 is 0 Å². The van der Waals surface area contributed by atoms with E-state index in [9.17, 15) is 0 Å². The van der Waals surface area contributed by atoms with Gasteiger partial charge >= 0.3 is 0 Å². The largest absolute Gasteiger partial charge is 0.310 e. The van der Waals surface area contributed by atoms with Crippen molar-refractivity contribution in [1.29, 1.82) is 0 Å². The number of aromatic nitrogens is 1. The molecule has 2 nitrogen and oxygen atoms in total. The zero-order chi connectivity index (χ0) is 41.6. The van der Waals surface area contributed by atoms with E-state index in [-0.39, 0.29) is 5.41 Å². The summed E-state index contributed by atoms with van der Waals surface area (Å²) in [5.41, 5.74) is 20.0. The highest BCUT2D eigenvalue weighted by molar-refractivity contribution is 6.06. The summed E-state index contributed by atoms with van der Waals surface area (Å²) in [7, 11) is 0. The Hall–Kier alpha value is -7.81. The van der Waals surface area contributed by atoms with Gasteiger partial charge in [-0.1, -0.05) is 196 Å². The van der Waals surface area contributed by atoms with E-state index in [1.54, 1.807) is 0 Å². The maximum atomic E-state index is 4.75. The molecule has 1 heterocycles. The molecule has 0 atom stereocenters. The third-order valence-electron chi connectivity index (χ3n) is 12.7. The van der Waals surface area contributed by atoms with Crippen LogP contribution in [0.4, 0.5) is 17.1 Å². The minimum Gasteiger partial charge on any atom is -0.310 e. The van der Waals surface area contributed by atoms with E-state index in [2.05, 4.69) is 237 Å². The highest BCUT2D eigenvalue weighted by Crippen LogP contribution is 2.55. The SMILES string of the molecule is CC1(C)c2ccccc2-c2cccc(N(c3cccc(-c4cccc(-c5cccc6cccc(-c7ccccn7)c56)c4)c3)c3ccccc3-c3ccc(-c4ccccc4)cc3)c21. The molecule has 0 aliphatic heterocycles. The lowest BCUT2D eigenvalue weighted by Gasteiger charge is -2.33. The monoisotopic (exact) mass is 792 g/mol. The maximum absolute atomic E-state index is 4.75. The topological polar surface area (TPSA) is 16.1 Å². The Bertz CT molecular complexity index is 3250. The molecule has 0 amide bonds. The first kappa shape index (κ1) is 37.2. The van der Waals surface area contributed by atoms with Crippen molar-refractivity contribution in [2.24, 2.45) is 0 Å². The third kappa shape index (κ3) is 6.40. The molecule has 2 heteroatoms. The summed E-state index contributed by atoms with van der Waals surface area (Å²) in [4.78, 5) is 7.26. The fourth-order valence-corrected chi connectivity index (χ4v) is 9.81. The van der Waals surface area contributed by atoms with Gasteiger partial charge in [-0.2, -0.15) is 0 Å². The lowest BCUT2D eigenvalue weighted by molar-refractivity contribution is 0.661. The van der Waals surface area contributed by atoms with Crippen LogP contribution in [0, 0.1) is 0 Å². The molecule has 1 aromatic heterocycles. The van der Waals surface area contributed by atoms with Crippen LogP contribution in [0.5, 0.6) is 0 Å². The van der Waals surface area contributed by atoms with Crippen LogP contribution in [0.15, 0.2) is 231 Å². The number of fused-ring (bicyclic) bond motifs is 4. The molecule has 0 saturated heterocycles. The zero-order valence-corrected chi connectivity index (χ0v) is 34.8. The Balaban J connectivity index is 1.07. The van der Waals surface area contributed by atoms with Crippen molar-refractivity contribution in [1.82, 2.24) is 4.98 Å². The van der Waals surface area contributed by atoms with Crippen molar-refractivity contribution in [3.63, 3.8) is 0 Å². The fraction of sp³-hybridized carbons (Fsp3) is 0.0500. The molecule has 62 heavy (non-hydrogen) atoms. The molecule has 0 N–H and O–H groups in total. The standard InChI is InChI=1S/C60H44N2/c1-60(2)54-30-8-6-26-51(54)52-28-16-33-57(59(52)60)62(56-32-9-7-25-49(56)43-36-34-42(35-37-43)41-17-4-3-5-18-41)48-24-13-22-46(40-48)45-21-12-23-47(39-45)50-27-14-19-44-20-15-29-53(58(44)50)55-31-10-11-38-61-55/h3-40H,1-2H3. The summed E-state index contributed by atoms with van der Waals surface area (Å²) < 4.78 is 0. The molecular weight excluding hydrogens is 749 g/mol. The number of nitrogens with zero attached hydrogens (tertiary/aromatic N) is 2. The summed E-state index contributed by atoms with van der Waals surface area (Å²) in [5, 5.41) is 2.41. The van der Waals surface area contributed by atoms with Gasteiger partial charge in [-0.15, -0.1) is 0 Å². The van der Waals surface area contributed by atoms with Crippen molar-refractivity contribution in [3.8, 4) is 66.9 Å². The Morgan fingerprint density at radius 1 is 0.371 bits per heavy atom. The van der Waals surface area contributed by atoms with Crippen LogP contribution in [-0.4, -0.2) is 4.98 Å². The van der Waals surface area contributed by atoms with Gasteiger partial charge in [-0.3, -0.25) is 4.98 Å². The fourth-order valence-electron chi connectivity index (χ4n) is 9.81. The van der Waals surface area contributed by atoms with E-state index in [0.717, 1.165) is 33.8 Å². The number of rotatable bonds is 8. The van der Waals surface area contributed by atoms with Crippen molar-refractivity contribution in [2.75, 3.05) is 4.90 Å². The summed E-state index contributed by atoms with van der Waals surface area (Å²) >= 11 is 0. The Kier molecular flexibility index (Phi) is 9.20. The molecule has 0 saturated carbocycles. The molecule has 0 radical (unpaired) electrons. The second-order valence-corrected chi connectivity index (χ2v) is 16.7. The number of hydrogen-bond acceptors (Lipinski definition) is 2. The van der Waals surface area contributed by atoms with Crippen molar-refractivity contribution in [2.45, 2.75) is 19.3 Å². The molecule has 0 bridgehead atoms. The molecule has 0 unspecified atom stereocenters. The predicted octanol–water partition coefficient (Wildman–Crippen LogP) is 16.3. The number of pyridine rings is 1. The van der Waals surface area contributed by atoms with Crippen LogP contribution in [0.2, 0.25) is 0 Å². The second kappa shape index (κ2) is 15.3. The van der Waals surface area contributed by atoms with Crippen LogP contribution < -0.4 is 4.90 Å². The molecule has 1 aliphatic carbocycles. The van der Waals surface area contributed by atoms with Gasteiger partial charge in [0, 0.05) is 28.4 Å². The van der Waals surface area contributed by atoms with Gasteiger partial charge in [0.1, 0.15) is 0 Å². The van der Waals surface area contributed by atoms with E-state index in [1.165, 1.54) is 72.1 Å². The number of benzene rings is 9. The Labute approximate surface area is 364 Å². The molecule has 11 rings (SSSR count). The van der Waals surface area contributed by atoms with E-state index in [4.69, 9.17) is 4.98 Å². The molecular formula is C60H44N2. The van der Waals surface area contributed by atoms with Gasteiger partial charge in [-0.05, 0) is 114 Å². The highest BCUT2D eigenvalue weighted by atomic mass is 15.1. The lowest BCUT2D eigenvalue weighted by Crippen LogP contribution is -2.21. The van der Waals surface area contributed by atoms with Crippen LogP contribution in [-0.2, 0) is 5.41 Å². The van der Waals surface area contributed by atoms with Crippen LogP contribution in [0.3, 0.4) is 0 Å². The van der Waals surface area contributed by atoms with Crippen molar-refractivity contribution >= 4 is 27.8 Å². The summed E-state index contributed by atoms with van der Waals surface area (Å²) in [6, 6.07) is 81.6. The van der Waals surface area contributed by atoms with Crippen LogP contribution in [0.1, 0.15) is 25.0 Å². The molecule has 9 aromatic carbocycles. The minimum atomic E-state index is -0.217. The molecule has 294 valence electrons. The number of para-hydroxylation sites is 1. The minimum absolute atomic E-state index is 0.217. The van der Waals surface area contributed by atoms with E-state index in [0.29, 0.717) is 0 Å². The van der Waals surface area contributed by atoms with Crippen molar-refractivity contribution < 1.29 is 0 Å². The third-order valence-corrected chi connectivity index (χ3v) is 12.7. The van der Waals surface area contributed by atoms with Gasteiger partial charge in [0.05, 0.1) is 17.1 Å². The predicted molar refractivity (Wildman–Crippen MR) is 261 cm³/mol. The summed E-state index contributed by atoms with van der Waals surface area (Å²) in [6.45, 7) is 4.75.